The summed E-state index contributed by atoms with van der Waals surface area (Å²) in [4.78, 5) is 2.56. The summed E-state index contributed by atoms with van der Waals surface area (Å²) in [5, 5.41) is 11.5. The van der Waals surface area contributed by atoms with Crippen LogP contribution in [0, 0.1) is 12.8 Å². The highest BCUT2D eigenvalue weighted by Crippen LogP contribution is 2.50. The third-order valence-electron chi connectivity index (χ3n) is 6.92. The molecule has 1 N–H and O–H groups in total. The molecule has 4 heteroatoms. The number of fused-ring (bicyclic) bond motifs is 2. The van der Waals surface area contributed by atoms with E-state index in [1.54, 1.807) is 0 Å². The fourth-order valence-corrected chi connectivity index (χ4v) is 5.39. The number of hydrogen-bond acceptors (Lipinski definition) is 4. The number of benzene rings is 2. The van der Waals surface area contributed by atoms with Crippen molar-refractivity contribution in [1.82, 2.24) is 4.90 Å². The molecule has 2 aliphatic heterocycles. The maximum atomic E-state index is 11.5. The summed E-state index contributed by atoms with van der Waals surface area (Å²) in [6.07, 6.45) is 5.22. The first-order chi connectivity index (χ1) is 13.6. The zero-order valence-corrected chi connectivity index (χ0v) is 16.6. The van der Waals surface area contributed by atoms with Gasteiger partial charge in [0.2, 0.25) is 6.79 Å². The largest absolute Gasteiger partial charge is 0.454 e. The predicted octanol–water partition coefficient (Wildman–Crippen LogP) is 4.59. The van der Waals surface area contributed by atoms with Crippen molar-refractivity contribution in [2.75, 3.05) is 13.3 Å². The van der Waals surface area contributed by atoms with Gasteiger partial charge in [-0.15, -0.1) is 0 Å². The molecule has 3 atom stereocenters. The van der Waals surface area contributed by atoms with Gasteiger partial charge in [0.05, 0.1) is 5.60 Å². The molecule has 4 nitrogen and oxygen atoms in total. The Hall–Kier alpha value is -2.04. The first-order valence-corrected chi connectivity index (χ1v) is 10.5. The Morgan fingerprint density at radius 2 is 1.86 bits per heavy atom. The lowest BCUT2D eigenvalue weighted by Crippen LogP contribution is -2.54. The second-order valence-corrected chi connectivity index (χ2v) is 8.72. The summed E-state index contributed by atoms with van der Waals surface area (Å²) in [7, 11) is 0. The molecule has 1 saturated carbocycles. The molecule has 2 aromatic rings. The van der Waals surface area contributed by atoms with Crippen LogP contribution in [0.2, 0.25) is 0 Å². The summed E-state index contributed by atoms with van der Waals surface area (Å²) in [5.41, 5.74) is 3.32. The quantitative estimate of drug-likeness (QED) is 0.847. The van der Waals surface area contributed by atoms with Gasteiger partial charge in [0, 0.05) is 25.0 Å². The summed E-state index contributed by atoms with van der Waals surface area (Å²) in [6.45, 7) is 4.25. The van der Waals surface area contributed by atoms with Crippen LogP contribution in [0.3, 0.4) is 0 Å². The summed E-state index contributed by atoms with van der Waals surface area (Å²) in [6, 6.07) is 15.4. The number of aryl methyl sites for hydroxylation is 1. The van der Waals surface area contributed by atoms with Gasteiger partial charge < -0.3 is 14.6 Å². The van der Waals surface area contributed by atoms with Crippen molar-refractivity contribution < 1.29 is 14.6 Å². The number of hydrogen-bond donors (Lipinski definition) is 1. The predicted molar refractivity (Wildman–Crippen MR) is 108 cm³/mol. The minimum Gasteiger partial charge on any atom is -0.454 e. The molecule has 1 saturated heterocycles. The van der Waals surface area contributed by atoms with E-state index in [0.29, 0.717) is 6.79 Å². The average Bonchev–Trinajstić information content (AvgIpc) is 3.17. The third kappa shape index (κ3) is 3.19. The van der Waals surface area contributed by atoms with Crippen LogP contribution < -0.4 is 9.47 Å². The average molecular weight is 380 g/mol. The van der Waals surface area contributed by atoms with Crippen molar-refractivity contribution in [3.8, 4) is 11.5 Å². The minimum atomic E-state index is -0.539. The molecule has 0 spiro atoms. The molecule has 0 aromatic heterocycles. The Balaban J connectivity index is 1.50. The first-order valence-electron chi connectivity index (χ1n) is 10.5. The topological polar surface area (TPSA) is 41.9 Å². The van der Waals surface area contributed by atoms with E-state index in [0.717, 1.165) is 50.3 Å². The molecule has 0 radical (unpaired) electrons. The lowest BCUT2D eigenvalue weighted by molar-refractivity contribution is -0.126. The van der Waals surface area contributed by atoms with Crippen molar-refractivity contribution in [1.29, 1.82) is 0 Å². The molecule has 148 valence electrons. The molecule has 28 heavy (non-hydrogen) atoms. The van der Waals surface area contributed by atoms with Gasteiger partial charge in [-0.3, -0.25) is 4.90 Å². The van der Waals surface area contributed by atoms with Crippen molar-refractivity contribution >= 4 is 0 Å². The molecule has 0 amide bonds. The molecule has 0 bridgehead atoms. The molecule has 2 aromatic carbocycles. The van der Waals surface area contributed by atoms with Crippen molar-refractivity contribution in [3.63, 3.8) is 0 Å². The van der Waals surface area contributed by atoms with Gasteiger partial charge >= 0.3 is 0 Å². The van der Waals surface area contributed by atoms with E-state index in [9.17, 15) is 5.11 Å². The lowest BCUT2D eigenvalue weighted by Gasteiger charge is -2.52. The maximum Gasteiger partial charge on any atom is 0.231 e. The van der Waals surface area contributed by atoms with Crippen LogP contribution in [0.15, 0.2) is 42.5 Å². The van der Waals surface area contributed by atoms with Crippen molar-refractivity contribution in [2.45, 2.75) is 57.2 Å². The highest BCUT2D eigenvalue weighted by atomic mass is 16.7. The van der Waals surface area contributed by atoms with E-state index in [2.05, 4.69) is 48.2 Å². The molecule has 3 aliphatic rings. The van der Waals surface area contributed by atoms with E-state index in [1.165, 1.54) is 23.1 Å². The Labute approximate surface area is 167 Å². The van der Waals surface area contributed by atoms with Crippen LogP contribution >= 0.6 is 0 Å². The minimum absolute atomic E-state index is 0.204. The second-order valence-electron chi connectivity index (χ2n) is 8.72. The van der Waals surface area contributed by atoms with E-state index in [4.69, 9.17) is 9.47 Å². The van der Waals surface area contributed by atoms with E-state index >= 15 is 0 Å². The zero-order valence-electron chi connectivity index (χ0n) is 16.6. The van der Waals surface area contributed by atoms with Crippen LogP contribution in [0.1, 0.15) is 54.8 Å². The zero-order chi connectivity index (χ0) is 19.1. The number of ether oxygens (including phenoxy) is 2. The van der Waals surface area contributed by atoms with Crippen LogP contribution in [-0.2, 0) is 6.54 Å². The van der Waals surface area contributed by atoms with Gasteiger partial charge in [0.1, 0.15) is 0 Å². The number of aliphatic hydroxyl groups is 1. The molecule has 2 heterocycles. The Morgan fingerprint density at radius 1 is 1.04 bits per heavy atom. The van der Waals surface area contributed by atoms with E-state index < -0.39 is 5.60 Å². The molecular formula is C24H29NO3. The number of rotatable bonds is 3. The lowest BCUT2D eigenvalue weighted by atomic mass is 9.66. The van der Waals surface area contributed by atoms with Crippen LogP contribution in [0.5, 0.6) is 11.5 Å². The van der Waals surface area contributed by atoms with Gasteiger partial charge in [-0.05, 0) is 49.4 Å². The van der Waals surface area contributed by atoms with Gasteiger partial charge in [0.25, 0.3) is 0 Å². The van der Waals surface area contributed by atoms with Crippen molar-refractivity contribution in [2.24, 2.45) is 5.92 Å². The number of piperidine rings is 1. The second kappa shape index (κ2) is 7.09. The highest BCUT2D eigenvalue weighted by Gasteiger charge is 2.49. The van der Waals surface area contributed by atoms with Crippen LogP contribution in [-0.4, -0.2) is 28.9 Å². The molecule has 1 aliphatic carbocycles. The van der Waals surface area contributed by atoms with Gasteiger partial charge in [0.15, 0.2) is 11.5 Å². The van der Waals surface area contributed by atoms with Gasteiger partial charge in [-0.2, -0.15) is 0 Å². The number of likely N-dealkylation sites (tertiary alicyclic amines) is 1. The molecule has 2 fully saturated rings. The molecular weight excluding hydrogens is 350 g/mol. The fourth-order valence-electron chi connectivity index (χ4n) is 5.39. The smallest absolute Gasteiger partial charge is 0.231 e. The summed E-state index contributed by atoms with van der Waals surface area (Å²) < 4.78 is 11.2. The van der Waals surface area contributed by atoms with Gasteiger partial charge in [-0.25, -0.2) is 0 Å². The Morgan fingerprint density at radius 3 is 2.71 bits per heavy atom. The number of nitrogens with zero attached hydrogens (tertiary/aromatic N) is 1. The maximum absolute atomic E-state index is 11.5. The van der Waals surface area contributed by atoms with E-state index in [1.807, 2.05) is 6.07 Å². The van der Waals surface area contributed by atoms with E-state index in [-0.39, 0.29) is 12.0 Å². The van der Waals surface area contributed by atoms with Crippen LogP contribution in [0.4, 0.5) is 0 Å². The summed E-state index contributed by atoms with van der Waals surface area (Å²) >= 11 is 0. The third-order valence-corrected chi connectivity index (χ3v) is 6.92. The standard InChI is InChI=1S/C24H29NO3/c1-17-5-7-18(8-6-17)15-25-13-12-24(26)11-3-2-4-20(24)23(25)19-9-10-21-22(14-19)28-16-27-21/h5-10,14,20,23,26H,2-4,11-13,15-16H2,1H3. The van der Waals surface area contributed by atoms with Crippen LogP contribution in [0.25, 0.3) is 0 Å². The monoisotopic (exact) mass is 379 g/mol. The highest BCUT2D eigenvalue weighted by molar-refractivity contribution is 5.45. The van der Waals surface area contributed by atoms with Crippen molar-refractivity contribution in [3.05, 3.63) is 59.2 Å². The molecule has 3 unspecified atom stereocenters. The SMILES string of the molecule is Cc1ccc(CN2CCC3(O)CCCCC3C2c2ccc3c(c2)OCO3)cc1. The van der Waals surface area contributed by atoms with Gasteiger partial charge in [-0.1, -0.05) is 48.7 Å². The fraction of sp³-hybridized carbons (Fsp3) is 0.500. The normalized spacial score (nSPS) is 29.5. The Bertz CT molecular complexity index is 849. The Kier molecular flexibility index (Phi) is 4.56. The first kappa shape index (κ1) is 18.0. The summed E-state index contributed by atoms with van der Waals surface area (Å²) in [5.74, 6) is 1.92. The molecule has 5 rings (SSSR count).